The highest BCUT2D eigenvalue weighted by Gasteiger charge is 2.24. The van der Waals surface area contributed by atoms with E-state index in [1.54, 1.807) is 23.1 Å². The molecule has 1 aromatic carbocycles. The number of hydrogen-bond donors (Lipinski definition) is 1. The Kier molecular flexibility index (Phi) is 6.36. The minimum Gasteiger partial charge on any atom is -0.484 e. The Hall–Kier alpha value is -1.66. The number of carbonyl (C=O) groups is 2. The van der Waals surface area contributed by atoms with E-state index in [2.05, 4.69) is 10.1 Å². The molecule has 1 aliphatic heterocycles. The predicted octanol–water partition coefficient (Wildman–Crippen LogP) is 2.72. The van der Waals surface area contributed by atoms with Crippen molar-refractivity contribution in [2.45, 2.75) is 18.9 Å². The van der Waals surface area contributed by atoms with Crippen LogP contribution in [0.15, 0.2) is 18.2 Å². The van der Waals surface area contributed by atoms with Crippen molar-refractivity contribution in [1.82, 2.24) is 10.2 Å². The standard InChI is InChI=1S/C15H18Cl2N2O4/c1-22-15(21)19-6-4-10(5-7-19)18-14(20)9-23-11-2-3-12(16)13(17)8-11/h2-3,8,10H,4-7,9H2,1H3,(H,18,20). The lowest BCUT2D eigenvalue weighted by Gasteiger charge is -2.31. The maximum absolute atomic E-state index is 11.9. The van der Waals surface area contributed by atoms with E-state index in [4.69, 9.17) is 27.9 Å². The van der Waals surface area contributed by atoms with Crippen LogP contribution in [0.3, 0.4) is 0 Å². The zero-order chi connectivity index (χ0) is 16.8. The first kappa shape index (κ1) is 17.7. The molecule has 1 heterocycles. The summed E-state index contributed by atoms with van der Waals surface area (Å²) in [6, 6.07) is 4.85. The number of methoxy groups -OCH3 is 1. The zero-order valence-corrected chi connectivity index (χ0v) is 14.2. The van der Waals surface area contributed by atoms with Crippen LogP contribution >= 0.6 is 23.2 Å². The predicted molar refractivity (Wildman–Crippen MR) is 87.1 cm³/mol. The minimum atomic E-state index is -0.335. The first-order valence-corrected chi connectivity index (χ1v) is 7.95. The number of amides is 2. The topological polar surface area (TPSA) is 67.9 Å². The number of nitrogens with one attached hydrogen (secondary N) is 1. The Labute approximate surface area is 144 Å². The molecule has 1 aliphatic rings. The number of ether oxygens (including phenoxy) is 2. The quantitative estimate of drug-likeness (QED) is 0.896. The molecule has 0 atom stereocenters. The van der Waals surface area contributed by atoms with E-state index >= 15 is 0 Å². The Balaban J connectivity index is 1.73. The summed E-state index contributed by atoms with van der Waals surface area (Å²) in [7, 11) is 1.36. The van der Waals surface area contributed by atoms with Crippen molar-refractivity contribution in [2.24, 2.45) is 0 Å². The molecule has 2 amide bonds. The Morgan fingerprint density at radius 2 is 1.96 bits per heavy atom. The van der Waals surface area contributed by atoms with E-state index in [0.717, 1.165) is 0 Å². The van der Waals surface area contributed by atoms with Gasteiger partial charge in [0.25, 0.3) is 5.91 Å². The molecule has 0 unspecified atom stereocenters. The molecule has 0 bridgehead atoms. The number of benzene rings is 1. The van der Waals surface area contributed by atoms with E-state index < -0.39 is 0 Å². The van der Waals surface area contributed by atoms with Gasteiger partial charge in [0, 0.05) is 25.2 Å². The van der Waals surface area contributed by atoms with Crippen molar-refractivity contribution in [3.05, 3.63) is 28.2 Å². The Morgan fingerprint density at radius 3 is 2.57 bits per heavy atom. The average Bonchev–Trinajstić information content (AvgIpc) is 2.56. The molecule has 1 aromatic rings. The van der Waals surface area contributed by atoms with Crippen LogP contribution in [0.1, 0.15) is 12.8 Å². The fourth-order valence-corrected chi connectivity index (χ4v) is 2.61. The number of nitrogens with zero attached hydrogens (tertiary/aromatic N) is 1. The lowest BCUT2D eigenvalue weighted by molar-refractivity contribution is -0.124. The summed E-state index contributed by atoms with van der Waals surface area (Å²) in [6.45, 7) is 1.02. The smallest absolute Gasteiger partial charge is 0.409 e. The van der Waals surface area contributed by atoms with Gasteiger partial charge in [0.2, 0.25) is 0 Å². The molecule has 2 rings (SSSR count). The van der Waals surface area contributed by atoms with Crippen molar-refractivity contribution in [3.63, 3.8) is 0 Å². The molecule has 6 nitrogen and oxygen atoms in total. The minimum absolute atomic E-state index is 0.0285. The van der Waals surface area contributed by atoms with Gasteiger partial charge in [-0.1, -0.05) is 23.2 Å². The maximum Gasteiger partial charge on any atom is 0.409 e. The fraction of sp³-hybridized carbons (Fsp3) is 0.467. The summed E-state index contributed by atoms with van der Waals surface area (Å²) in [6.07, 6.45) is 1.04. The van der Waals surface area contributed by atoms with Gasteiger partial charge in [-0.05, 0) is 25.0 Å². The van der Waals surface area contributed by atoms with Gasteiger partial charge >= 0.3 is 6.09 Å². The van der Waals surface area contributed by atoms with Gasteiger partial charge in [-0.15, -0.1) is 0 Å². The van der Waals surface area contributed by atoms with Crippen LogP contribution in [0.5, 0.6) is 5.75 Å². The number of hydrogen-bond acceptors (Lipinski definition) is 4. The second-order valence-electron chi connectivity index (χ2n) is 5.16. The van der Waals surface area contributed by atoms with Gasteiger partial charge in [-0.2, -0.15) is 0 Å². The summed E-state index contributed by atoms with van der Waals surface area (Å²) in [5, 5.41) is 3.70. The van der Waals surface area contributed by atoms with E-state index in [-0.39, 0.29) is 24.6 Å². The number of rotatable bonds is 4. The van der Waals surface area contributed by atoms with E-state index in [1.807, 2.05) is 0 Å². The Bertz CT molecular complexity index is 575. The van der Waals surface area contributed by atoms with Gasteiger partial charge in [0.1, 0.15) is 5.75 Å². The van der Waals surface area contributed by atoms with E-state index in [0.29, 0.717) is 41.7 Å². The van der Waals surface area contributed by atoms with Gasteiger partial charge in [0.15, 0.2) is 6.61 Å². The second kappa shape index (κ2) is 8.26. The molecule has 126 valence electrons. The second-order valence-corrected chi connectivity index (χ2v) is 5.98. The number of carbonyl (C=O) groups excluding carboxylic acids is 2. The molecule has 0 spiro atoms. The molecule has 1 fully saturated rings. The maximum atomic E-state index is 11.9. The van der Waals surface area contributed by atoms with Crippen LogP contribution in [-0.4, -0.2) is 49.7 Å². The normalized spacial score (nSPS) is 15.2. The zero-order valence-electron chi connectivity index (χ0n) is 12.7. The third-order valence-electron chi connectivity index (χ3n) is 3.55. The van der Waals surface area contributed by atoms with Gasteiger partial charge < -0.3 is 19.7 Å². The van der Waals surface area contributed by atoms with Crippen LogP contribution in [0.2, 0.25) is 10.0 Å². The molecule has 0 aliphatic carbocycles. The first-order valence-electron chi connectivity index (χ1n) is 7.19. The monoisotopic (exact) mass is 360 g/mol. The Morgan fingerprint density at radius 1 is 1.26 bits per heavy atom. The molecule has 0 aromatic heterocycles. The summed E-state index contributed by atoms with van der Waals surface area (Å²) >= 11 is 11.7. The molecule has 0 saturated carbocycles. The molecule has 0 radical (unpaired) electrons. The van der Waals surface area contributed by atoms with Crippen molar-refractivity contribution in [2.75, 3.05) is 26.8 Å². The third-order valence-corrected chi connectivity index (χ3v) is 4.29. The van der Waals surface area contributed by atoms with Crippen LogP contribution in [0, 0.1) is 0 Å². The summed E-state index contributed by atoms with van der Waals surface area (Å²) in [5.41, 5.74) is 0. The molecule has 8 heteroatoms. The fourth-order valence-electron chi connectivity index (χ4n) is 2.32. The van der Waals surface area contributed by atoms with Crippen molar-refractivity contribution in [1.29, 1.82) is 0 Å². The highest BCUT2D eigenvalue weighted by Crippen LogP contribution is 2.26. The molecule has 1 N–H and O–H groups in total. The molecule has 1 saturated heterocycles. The highest BCUT2D eigenvalue weighted by molar-refractivity contribution is 6.42. The summed E-state index contributed by atoms with van der Waals surface area (Å²) < 4.78 is 10.1. The van der Waals surface area contributed by atoms with Crippen LogP contribution in [0.25, 0.3) is 0 Å². The third kappa shape index (κ3) is 5.18. The van der Waals surface area contributed by atoms with Crippen molar-refractivity contribution in [3.8, 4) is 5.75 Å². The lowest BCUT2D eigenvalue weighted by atomic mass is 10.1. The SMILES string of the molecule is COC(=O)N1CCC(NC(=O)COc2ccc(Cl)c(Cl)c2)CC1. The number of piperidine rings is 1. The number of likely N-dealkylation sites (tertiary alicyclic amines) is 1. The van der Waals surface area contributed by atoms with Gasteiger partial charge in [-0.25, -0.2) is 4.79 Å². The van der Waals surface area contributed by atoms with Crippen LogP contribution in [-0.2, 0) is 9.53 Å². The van der Waals surface area contributed by atoms with Crippen LogP contribution < -0.4 is 10.1 Å². The first-order chi connectivity index (χ1) is 11.0. The molecular weight excluding hydrogens is 343 g/mol. The van der Waals surface area contributed by atoms with Crippen molar-refractivity contribution < 1.29 is 19.1 Å². The highest BCUT2D eigenvalue weighted by atomic mass is 35.5. The molecular formula is C15H18Cl2N2O4. The largest absolute Gasteiger partial charge is 0.484 e. The van der Waals surface area contributed by atoms with Crippen LogP contribution in [0.4, 0.5) is 4.79 Å². The average molecular weight is 361 g/mol. The molecule has 23 heavy (non-hydrogen) atoms. The summed E-state index contributed by atoms with van der Waals surface area (Å²) in [4.78, 5) is 24.9. The number of halogens is 2. The van der Waals surface area contributed by atoms with E-state index in [1.165, 1.54) is 7.11 Å². The van der Waals surface area contributed by atoms with Crippen molar-refractivity contribution >= 4 is 35.2 Å². The van der Waals surface area contributed by atoms with E-state index in [9.17, 15) is 9.59 Å². The summed E-state index contributed by atoms with van der Waals surface area (Å²) in [5.74, 6) is 0.266. The van der Waals surface area contributed by atoms with Gasteiger partial charge in [-0.3, -0.25) is 4.79 Å². The lowest BCUT2D eigenvalue weighted by Crippen LogP contribution is -2.47. The van der Waals surface area contributed by atoms with Gasteiger partial charge in [0.05, 0.1) is 17.2 Å².